The number of aromatic nitrogens is 2. The molecule has 0 aliphatic carbocycles. The Morgan fingerprint density at radius 1 is 1.41 bits per heavy atom. The maximum absolute atomic E-state index is 10.6. The minimum Gasteiger partial charge on any atom is -0.303 e. The van der Waals surface area contributed by atoms with E-state index in [0.717, 1.165) is 31.4 Å². The zero-order chi connectivity index (χ0) is 12.3. The average molecular weight is 230 g/mol. The second-order valence-electron chi connectivity index (χ2n) is 4.43. The van der Waals surface area contributed by atoms with Crippen molar-refractivity contribution < 1.29 is 4.79 Å². The molecule has 0 saturated heterocycles. The van der Waals surface area contributed by atoms with Crippen molar-refractivity contribution in [2.75, 3.05) is 0 Å². The standard InChI is InChI=1S/C14H18N2O/c1-3-16-14-7-5-4-6-12(14)13(15-16)9-8-11(2)10-17/h4-7,10-11H,3,8-9H2,1-2H3. The van der Waals surface area contributed by atoms with Crippen molar-refractivity contribution >= 4 is 17.2 Å². The fourth-order valence-electron chi connectivity index (χ4n) is 2.05. The van der Waals surface area contributed by atoms with Gasteiger partial charge in [-0.1, -0.05) is 25.1 Å². The molecule has 17 heavy (non-hydrogen) atoms. The van der Waals surface area contributed by atoms with Crippen LogP contribution in [0.2, 0.25) is 0 Å². The molecule has 1 atom stereocenters. The molecular weight excluding hydrogens is 212 g/mol. The molecule has 1 aromatic heterocycles. The zero-order valence-electron chi connectivity index (χ0n) is 10.4. The lowest BCUT2D eigenvalue weighted by Crippen LogP contribution is -2.00. The quantitative estimate of drug-likeness (QED) is 0.740. The Kier molecular flexibility index (Phi) is 3.57. The Morgan fingerprint density at radius 3 is 2.88 bits per heavy atom. The fraction of sp³-hybridized carbons (Fsp3) is 0.429. The van der Waals surface area contributed by atoms with E-state index in [-0.39, 0.29) is 5.92 Å². The normalized spacial score (nSPS) is 12.8. The molecule has 0 saturated carbocycles. The first-order valence-electron chi connectivity index (χ1n) is 6.16. The summed E-state index contributed by atoms with van der Waals surface area (Å²) in [7, 11) is 0. The lowest BCUT2D eigenvalue weighted by Gasteiger charge is -2.00. The molecule has 90 valence electrons. The molecule has 0 spiro atoms. The maximum atomic E-state index is 10.6. The molecule has 1 heterocycles. The Labute approximate surface area is 101 Å². The van der Waals surface area contributed by atoms with Crippen molar-refractivity contribution in [3.8, 4) is 0 Å². The van der Waals surface area contributed by atoms with Gasteiger partial charge in [0.25, 0.3) is 0 Å². The van der Waals surface area contributed by atoms with Crippen molar-refractivity contribution in [1.29, 1.82) is 0 Å². The number of benzene rings is 1. The van der Waals surface area contributed by atoms with Gasteiger partial charge in [0.1, 0.15) is 6.29 Å². The van der Waals surface area contributed by atoms with Crippen LogP contribution in [0.3, 0.4) is 0 Å². The van der Waals surface area contributed by atoms with Gasteiger partial charge in [0, 0.05) is 17.8 Å². The lowest BCUT2D eigenvalue weighted by molar-refractivity contribution is -0.110. The van der Waals surface area contributed by atoms with E-state index in [4.69, 9.17) is 0 Å². The van der Waals surface area contributed by atoms with Crippen molar-refractivity contribution in [2.24, 2.45) is 5.92 Å². The summed E-state index contributed by atoms with van der Waals surface area (Å²) in [6.07, 6.45) is 2.75. The van der Waals surface area contributed by atoms with Crippen molar-refractivity contribution in [3.63, 3.8) is 0 Å². The van der Waals surface area contributed by atoms with E-state index < -0.39 is 0 Å². The van der Waals surface area contributed by atoms with Gasteiger partial charge in [0.15, 0.2) is 0 Å². The third-order valence-corrected chi connectivity index (χ3v) is 3.10. The fourth-order valence-corrected chi connectivity index (χ4v) is 2.05. The number of carbonyl (C=O) groups is 1. The SMILES string of the molecule is CCn1nc(CCC(C)C=O)c2ccccc21. The van der Waals surface area contributed by atoms with Gasteiger partial charge >= 0.3 is 0 Å². The van der Waals surface area contributed by atoms with Crippen LogP contribution in [0.25, 0.3) is 10.9 Å². The zero-order valence-corrected chi connectivity index (χ0v) is 10.4. The summed E-state index contributed by atoms with van der Waals surface area (Å²) in [6.45, 7) is 4.92. The summed E-state index contributed by atoms with van der Waals surface area (Å²) < 4.78 is 2.02. The first kappa shape index (κ1) is 11.8. The van der Waals surface area contributed by atoms with Crippen LogP contribution >= 0.6 is 0 Å². The molecule has 0 radical (unpaired) electrons. The van der Waals surface area contributed by atoms with Gasteiger partial charge in [-0.3, -0.25) is 4.68 Å². The highest BCUT2D eigenvalue weighted by Gasteiger charge is 2.10. The Morgan fingerprint density at radius 2 is 2.18 bits per heavy atom. The first-order chi connectivity index (χ1) is 8.26. The number of fused-ring (bicyclic) bond motifs is 1. The van der Waals surface area contributed by atoms with Gasteiger partial charge in [0.2, 0.25) is 0 Å². The largest absolute Gasteiger partial charge is 0.303 e. The molecular formula is C14H18N2O. The van der Waals surface area contributed by atoms with E-state index in [1.165, 1.54) is 10.9 Å². The molecule has 2 rings (SSSR count). The number of nitrogens with zero attached hydrogens (tertiary/aromatic N) is 2. The first-order valence-corrected chi connectivity index (χ1v) is 6.16. The van der Waals surface area contributed by atoms with Gasteiger partial charge in [-0.2, -0.15) is 5.10 Å². The summed E-state index contributed by atoms with van der Waals surface area (Å²) >= 11 is 0. The van der Waals surface area contributed by atoms with Crippen LogP contribution in [0, 0.1) is 5.92 Å². The number of carbonyl (C=O) groups excluding carboxylic acids is 1. The minimum atomic E-state index is 0.112. The van der Waals surface area contributed by atoms with Gasteiger partial charge in [-0.25, -0.2) is 0 Å². The van der Waals surface area contributed by atoms with E-state index >= 15 is 0 Å². The predicted octanol–water partition coefficient (Wildman–Crippen LogP) is 2.82. The number of aryl methyl sites for hydroxylation is 2. The summed E-state index contributed by atoms with van der Waals surface area (Å²) in [6, 6.07) is 8.28. The Balaban J connectivity index is 2.30. The van der Waals surface area contributed by atoms with E-state index in [1.54, 1.807) is 0 Å². The predicted molar refractivity (Wildman–Crippen MR) is 69.0 cm³/mol. The minimum absolute atomic E-state index is 0.112. The average Bonchev–Trinajstić information content (AvgIpc) is 2.74. The van der Waals surface area contributed by atoms with Crippen molar-refractivity contribution in [1.82, 2.24) is 9.78 Å². The highest BCUT2D eigenvalue weighted by Crippen LogP contribution is 2.20. The monoisotopic (exact) mass is 230 g/mol. The molecule has 0 aliphatic rings. The van der Waals surface area contributed by atoms with E-state index in [1.807, 2.05) is 23.7 Å². The van der Waals surface area contributed by atoms with Crippen LogP contribution in [0.5, 0.6) is 0 Å². The number of aldehydes is 1. The van der Waals surface area contributed by atoms with Gasteiger partial charge in [0.05, 0.1) is 11.2 Å². The summed E-state index contributed by atoms with van der Waals surface area (Å²) in [5.41, 5.74) is 2.29. The van der Waals surface area contributed by atoms with Crippen molar-refractivity contribution in [3.05, 3.63) is 30.0 Å². The van der Waals surface area contributed by atoms with Gasteiger partial charge in [-0.15, -0.1) is 0 Å². The van der Waals surface area contributed by atoms with Crippen LogP contribution in [0.4, 0.5) is 0 Å². The van der Waals surface area contributed by atoms with Crippen LogP contribution in [0.15, 0.2) is 24.3 Å². The van der Waals surface area contributed by atoms with Crippen LogP contribution in [-0.2, 0) is 17.8 Å². The molecule has 0 aliphatic heterocycles. The number of para-hydroxylation sites is 1. The third-order valence-electron chi connectivity index (χ3n) is 3.10. The van der Waals surface area contributed by atoms with Crippen LogP contribution < -0.4 is 0 Å². The number of hydrogen-bond acceptors (Lipinski definition) is 2. The number of hydrogen-bond donors (Lipinski definition) is 0. The molecule has 2 aromatic rings. The lowest BCUT2D eigenvalue weighted by atomic mass is 10.0. The molecule has 0 amide bonds. The van der Waals surface area contributed by atoms with E-state index in [2.05, 4.69) is 24.2 Å². The molecule has 0 bridgehead atoms. The molecule has 1 aromatic carbocycles. The molecule has 0 fully saturated rings. The van der Waals surface area contributed by atoms with Crippen molar-refractivity contribution in [2.45, 2.75) is 33.2 Å². The van der Waals surface area contributed by atoms with Gasteiger partial charge < -0.3 is 4.79 Å². The molecule has 0 N–H and O–H groups in total. The smallest absolute Gasteiger partial charge is 0.122 e. The number of rotatable bonds is 5. The molecule has 1 unspecified atom stereocenters. The van der Waals surface area contributed by atoms with Crippen LogP contribution in [-0.4, -0.2) is 16.1 Å². The summed E-state index contributed by atoms with van der Waals surface area (Å²) in [5, 5.41) is 5.83. The Bertz CT molecular complexity index is 516. The topological polar surface area (TPSA) is 34.9 Å². The second-order valence-corrected chi connectivity index (χ2v) is 4.43. The summed E-state index contributed by atoms with van der Waals surface area (Å²) in [4.78, 5) is 10.6. The van der Waals surface area contributed by atoms with Crippen LogP contribution in [0.1, 0.15) is 26.0 Å². The third kappa shape index (κ3) is 2.38. The second kappa shape index (κ2) is 5.13. The van der Waals surface area contributed by atoms with Gasteiger partial charge in [-0.05, 0) is 25.8 Å². The highest BCUT2D eigenvalue weighted by molar-refractivity contribution is 5.81. The Hall–Kier alpha value is -1.64. The van der Waals surface area contributed by atoms with E-state index in [0.29, 0.717) is 0 Å². The molecule has 3 nitrogen and oxygen atoms in total. The maximum Gasteiger partial charge on any atom is 0.122 e. The highest BCUT2D eigenvalue weighted by atomic mass is 16.1. The summed E-state index contributed by atoms with van der Waals surface area (Å²) in [5.74, 6) is 0.112. The molecule has 3 heteroatoms. The van der Waals surface area contributed by atoms with E-state index in [9.17, 15) is 4.79 Å².